The topological polar surface area (TPSA) is 95.9 Å². The van der Waals surface area contributed by atoms with Crippen LogP contribution in [-0.2, 0) is 14.3 Å². The van der Waals surface area contributed by atoms with E-state index in [0.717, 1.165) is 51.4 Å². The summed E-state index contributed by atoms with van der Waals surface area (Å²) < 4.78 is 5.47. The largest absolute Gasteiger partial charge is 0.466 e. The quantitative estimate of drug-likeness (QED) is 0.0321. The van der Waals surface area contributed by atoms with E-state index in [2.05, 4.69) is 55.6 Å². The van der Waals surface area contributed by atoms with Gasteiger partial charge in [-0.05, 0) is 89.9 Å². The van der Waals surface area contributed by atoms with E-state index in [0.29, 0.717) is 19.4 Å². The Morgan fingerprint density at radius 3 is 1.08 bits per heavy atom. The lowest BCUT2D eigenvalue weighted by Gasteiger charge is -2.20. The summed E-state index contributed by atoms with van der Waals surface area (Å²) in [6.07, 6.45) is 77.5. The van der Waals surface area contributed by atoms with Crippen LogP contribution in [0.3, 0.4) is 0 Å². The summed E-state index contributed by atoms with van der Waals surface area (Å²) in [5.41, 5.74) is 0. The molecule has 0 aromatic carbocycles. The first-order valence-electron chi connectivity index (χ1n) is 31.4. The van der Waals surface area contributed by atoms with Crippen LogP contribution in [0.15, 0.2) is 48.6 Å². The van der Waals surface area contributed by atoms with E-state index in [-0.39, 0.29) is 18.5 Å². The number of hydrogen-bond donors (Lipinski definition) is 3. The first-order valence-corrected chi connectivity index (χ1v) is 31.4. The van der Waals surface area contributed by atoms with E-state index in [9.17, 15) is 19.8 Å². The molecule has 0 bridgehead atoms. The van der Waals surface area contributed by atoms with Crippen molar-refractivity contribution in [1.29, 1.82) is 0 Å². The molecular weight excluding hydrogens is 875 g/mol. The van der Waals surface area contributed by atoms with Crippen molar-refractivity contribution in [1.82, 2.24) is 5.32 Å². The molecule has 0 spiro atoms. The summed E-state index contributed by atoms with van der Waals surface area (Å²) >= 11 is 0. The second kappa shape index (κ2) is 60.4. The molecular formula is C65H121NO5. The highest BCUT2D eigenvalue weighted by Crippen LogP contribution is 2.16. The average Bonchev–Trinajstić information content (AvgIpc) is 3.37. The van der Waals surface area contributed by atoms with Gasteiger partial charge in [-0.15, -0.1) is 0 Å². The number of aliphatic hydroxyl groups excluding tert-OH is 2. The summed E-state index contributed by atoms with van der Waals surface area (Å²) in [6.45, 7) is 4.87. The van der Waals surface area contributed by atoms with Gasteiger partial charge >= 0.3 is 5.97 Å². The second-order valence-electron chi connectivity index (χ2n) is 21.4. The summed E-state index contributed by atoms with van der Waals surface area (Å²) in [5.74, 6) is -0.0661. The number of allylic oxidation sites excluding steroid dienone is 7. The van der Waals surface area contributed by atoms with Crippen LogP contribution in [0, 0.1) is 0 Å². The minimum atomic E-state index is -0.842. The van der Waals surface area contributed by atoms with Crippen LogP contribution < -0.4 is 5.32 Å². The van der Waals surface area contributed by atoms with Gasteiger partial charge in [-0.1, -0.05) is 274 Å². The standard InChI is InChI=1S/C65H121NO5/c1-3-5-7-9-11-13-14-15-36-39-43-47-51-55-59-65(70)71-60-56-52-48-44-40-37-34-32-30-28-26-24-22-20-18-16-17-19-21-23-25-27-29-31-33-35-38-42-46-50-54-58-64(69)66-62(61-67)63(68)57-53-49-45-41-12-10-8-6-4-2/h14-15,18,20,24,26,53,57,62-63,67-68H,3-13,16-17,19,21-23,25,27-52,54-56,58-61H2,1-2H3,(H,66,69)/b15-14-,20-18-,26-24-,57-53+. The van der Waals surface area contributed by atoms with Gasteiger partial charge in [-0.3, -0.25) is 9.59 Å². The van der Waals surface area contributed by atoms with Crippen LogP contribution in [0.2, 0.25) is 0 Å². The normalized spacial score (nSPS) is 12.9. The maximum Gasteiger partial charge on any atom is 0.305 e. The summed E-state index contributed by atoms with van der Waals surface area (Å²) in [5, 5.41) is 22.9. The summed E-state index contributed by atoms with van der Waals surface area (Å²) in [7, 11) is 0. The smallest absolute Gasteiger partial charge is 0.305 e. The monoisotopic (exact) mass is 996 g/mol. The lowest BCUT2D eigenvalue weighted by molar-refractivity contribution is -0.143. The molecule has 3 N–H and O–H groups in total. The fourth-order valence-corrected chi connectivity index (χ4v) is 9.48. The van der Waals surface area contributed by atoms with E-state index in [1.807, 2.05) is 6.08 Å². The molecule has 0 aliphatic rings. The molecule has 0 saturated heterocycles. The molecule has 0 aromatic heterocycles. The van der Waals surface area contributed by atoms with Gasteiger partial charge in [0.1, 0.15) is 0 Å². The van der Waals surface area contributed by atoms with Gasteiger partial charge in [0.15, 0.2) is 0 Å². The van der Waals surface area contributed by atoms with Crippen molar-refractivity contribution in [2.24, 2.45) is 0 Å². The molecule has 0 saturated carbocycles. The molecule has 2 unspecified atom stereocenters. The summed E-state index contributed by atoms with van der Waals surface area (Å²) in [4.78, 5) is 24.4. The fourth-order valence-electron chi connectivity index (χ4n) is 9.48. The maximum absolute atomic E-state index is 12.4. The van der Waals surface area contributed by atoms with E-state index in [1.54, 1.807) is 6.08 Å². The zero-order chi connectivity index (χ0) is 51.4. The van der Waals surface area contributed by atoms with E-state index in [4.69, 9.17) is 4.74 Å². The highest BCUT2D eigenvalue weighted by Gasteiger charge is 2.18. The number of aliphatic hydroxyl groups is 2. The highest BCUT2D eigenvalue weighted by molar-refractivity contribution is 5.76. The number of carbonyl (C=O) groups is 2. The number of rotatable bonds is 58. The van der Waals surface area contributed by atoms with Gasteiger partial charge in [0, 0.05) is 12.8 Å². The Morgan fingerprint density at radius 2 is 0.704 bits per heavy atom. The number of nitrogens with one attached hydrogen (secondary N) is 1. The Bertz CT molecular complexity index is 1190. The molecule has 0 aromatic rings. The van der Waals surface area contributed by atoms with Crippen LogP contribution in [-0.4, -0.2) is 47.4 Å². The highest BCUT2D eigenvalue weighted by atomic mass is 16.5. The number of carbonyl (C=O) groups excluding carboxylic acids is 2. The minimum absolute atomic E-state index is 0.00389. The van der Waals surface area contributed by atoms with Crippen molar-refractivity contribution < 1.29 is 24.5 Å². The lowest BCUT2D eigenvalue weighted by Crippen LogP contribution is -2.45. The van der Waals surface area contributed by atoms with Crippen LogP contribution in [0.25, 0.3) is 0 Å². The van der Waals surface area contributed by atoms with Gasteiger partial charge in [0.05, 0.1) is 25.4 Å². The molecule has 0 fully saturated rings. The first kappa shape index (κ1) is 68.8. The number of unbranched alkanes of at least 4 members (excludes halogenated alkanes) is 41. The van der Waals surface area contributed by atoms with Crippen molar-refractivity contribution in [3.8, 4) is 0 Å². The molecule has 71 heavy (non-hydrogen) atoms. The van der Waals surface area contributed by atoms with Crippen LogP contribution in [0.4, 0.5) is 0 Å². The van der Waals surface area contributed by atoms with Gasteiger partial charge in [0.2, 0.25) is 5.91 Å². The minimum Gasteiger partial charge on any atom is -0.466 e. The van der Waals surface area contributed by atoms with Crippen molar-refractivity contribution in [3.05, 3.63) is 48.6 Å². The molecule has 0 aliphatic heterocycles. The molecule has 2 atom stereocenters. The number of hydrogen-bond acceptors (Lipinski definition) is 5. The predicted octanol–water partition coefficient (Wildman–Crippen LogP) is 19.7. The molecule has 0 radical (unpaired) electrons. The van der Waals surface area contributed by atoms with Gasteiger partial charge in [0.25, 0.3) is 0 Å². The molecule has 416 valence electrons. The number of esters is 1. The number of amides is 1. The van der Waals surface area contributed by atoms with E-state index >= 15 is 0 Å². The Kier molecular flexibility index (Phi) is 58.5. The Morgan fingerprint density at radius 1 is 0.394 bits per heavy atom. The zero-order valence-corrected chi connectivity index (χ0v) is 47.5. The van der Waals surface area contributed by atoms with Gasteiger partial charge in [-0.2, -0.15) is 0 Å². The van der Waals surface area contributed by atoms with E-state index in [1.165, 1.54) is 250 Å². The Labute approximate surface area is 442 Å². The van der Waals surface area contributed by atoms with Crippen molar-refractivity contribution >= 4 is 11.9 Å². The maximum atomic E-state index is 12.4. The van der Waals surface area contributed by atoms with E-state index < -0.39 is 12.1 Å². The first-order chi connectivity index (χ1) is 35.0. The fraction of sp³-hybridized carbons (Fsp3) is 0.846. The van der Waals surface area contributed by atoms with Crippen LogP contribution in [0.5, 0.6) is 0 Å². The average molecular weight is 997 g/mol. The molecule has 6 nitrogen and oxygen atoms in total. The Balaban J connectivity index is 3.38. The van der Waals surface area contributed by atoms with Crippen molar-refractivity contribution in [3.63, 3.8) is 0 Å². The molecule has 0 rings (SSSR count). The SMILES string of the molecule is CCCCCCC/C=C\CCCCCCCC(=O)OCCCCCCCCCCC/C=C\C/C=C\CCCCCCCCCCCCCCCCCC(=O)NC(CO)C(O)/C=C/CCCCCCCCC. The van der Waals surface area contributed by atoms with Gasteiger partial charge in [-0.25, -0.2) is 0 Å². The van der Waals surface area contributed by atoms with Crippen molar-refractivity contribution in [2.45, 2.75) is 341 Å². The molecule has 1 amide bonds. The molecule has 0 aliphatic carbocycles. The zero-order valence-electron chi connectivity index (χ0n) is 47.5. The molecule has 0 heterocycles. The third-order valence-electron chi connectivity index (χ3n) is 14.3. The van der Waals surface area contributed by atoms with Crippen LogP contribution >= 0.6 is 0 Å². The third kappa shape index (κ3) is 57.0. The summed E-state index contributed by atoms with van der Waals surface area (Å²) in [6, 6.07) is -0.626. The lowest BCUT2D eigenvalue weighted by atomic mass is 10.0. The van der Waals surface area contributed by atoms with Crippen LogP contribution in [0.1, 0.15) is 328 Å². The number of ether oxygens (including phenoxy) is 1. The predicted molar refractivity (Wildman–Crippen MR) is 310 cm³/mol. The van der Waals surface area contributed by atoms with Gasteiger partial charge < -0.3 is 20.3 Å². The van der Waals surface area contributed by atoms with Crippen molar-refractivity contribution in [2.75, 3.05) is 13.2 Å². The molecule has 6 heteroatoms. The Hall–Kier alpha value is -2.18. The second-order valence-corrected chi connectivity index (χ2v) is 21.4. The third-order valence-corrected chi connectivity index (χ3v) is 14.3.